The minimum Gasteiger partial charge on any atom is -0.465 e. The third-order valence-electron chi connectivity index (χ3n) is 1.31. The summed E-state index contributed by atoms with van der Waals surface area (Å²) in [6, 6.07) is 1.24. The Morgan fingerprint density at radius 2 is 2.07 bits per heavy atom. The predicted octanol–water partition coefficient (Wildman–Crippen LogP) is 2.06. The monoisotopic (exact) mass is 208 g/mol. The Balaban J connectivity index is 3.14. The summed E-state index contributed by atoms with van der Waals surface area (Å²) in [6.45, 7) is 1.70. The third-order valence-corrected chi connectivity index (χ3v) is 1.31. The van der Waals surface area contributed by atoms with Gasteiger partial charge in [0.05, 0.1) is 12.7 Å². The molecule has 0 aromatic carbocycles. The van der Waals surface area contributed by atoms with E-state index in [4.69, 9.17) is 0 Å². The highest BCUT2D eigenvalue weighted by molar-refractivity contribution is 5.12. The Bertz CT molecular complexity index is 367. The van der Waals surface area contributed by atoms with Crippen molar-refractivity contribution < 1.29 is 22.3 Å². The second kappa shape index (κ2) is 3.73. The van der Waals surface area contributed by atoms with Crippen LogP contribution in [0.5, 0.6) is 5.95 Å². The average Bonchev–Trinajstić information content (AvgIpc) is 2.02. The molecule has 14 heavy (non-hydrogen) atoms. The summed E-state index contributed by atoms with van der Waals surface area (Å²) >= 11 is 0. The summed E-state index contributed by atoms with van der Waals surface area (Å²) in [5.74, 6) is -1.78. The first-order valence-electron chi connectivity index (χ1n) is 3.78. The van der Waals surface area contributed by atoms with Gasteiger partial charge < -0.3 is 9.15 Å². The second-order valence-corrected chi connectivity index (χ2v) is 2.41. The van der Waals surface area contributed by atoms with Crippen LogP contribution >= 0.6 is 0 Å². The SMILES string of the molecule is CCOc1cc(=O)cc(C(F)(F)F)o1. The van der Waals surface area contributed by atoms with Crippen LogP contribution in [0.3, 0.4) is 0 Å². The van der Waals surface area contributed by atoms with Crippen molar-refractivity contribution in [2.45, 2.75) is 13.1 Å². The lowest BCUT2D eigenvalue weighted by Gasteiger charge is -2.06. The van der Waals surface area contributed by atoms with Gasteiger partial charge in [0.15, 0.2) is 5.43 Å². The Kier molecular flexibility index (Phi) is 2.83. The Hall–Kier alpha value is -1.46. The molecule has 0 N–H and O–H groups in total. The standard InChI is InChI=1S/C8H7F3O3/c1-2-13-7-4-5(12)3-6(14-7)8(9,10)11/h3-4H,2H2,1H3. The summed E-state index contributed by atoms with van der Waals surface area (Å²) in [5, 5.41) is 0. The van der Waals surface area contributed by atoms with Crippen molar-refractivity contribution >= 4 is 0 Å². The molecule has 78 valence electrons. The zero-order valence-corrected chi connectivity index (χ0v) is 7.22. The molecule has 0 aliphatic carbocycles. The molecule has 0 bridgehead atoms. The lowest BCUT2D eigenvalue weighted by molar-refractivity contribution is -0.155. The summed E-state index contributed by atoms with van der Waals surface area (Å²) in [5.41, 5.74) is -0.799. The van der Waals surface area contributed by atoms with Gasteiger partial charge in [-0.15, -0.1) is 0 Å². The highest BCUT2D eigenvalue weighted by Crippen LogP contribution is 2.30. The minimum atomic E-state index is -4.67. The fourth-order valence-electron chi connectivity index (χ4n) is 0.807. The van der Waals surface area contributed by atoms with Crippen molar-refractivity contribution in [2.24, 2.45) is 0 Å². The van der Waals surface area contributed by atoms with Gasteiger partial charge in [0, 0.05) is 6.07 Å². The highest BCUT2D eigenvalue weighted by Gasteiger charge is 2.35. The Morgan fingerprint density at radius 3 is 2.57 bits per heavy atom. The molecule has 0 radical (unpaired) electrons. The molecule has 0 spiro atoms. The molecule has 6 heteroatoms. The Labute approximate surface area is 77.1 Å². The van der Waals surface area contributed by atoms with Crippen LogP contribution in [-0.4, -0.2) is 6.61 Å². The molecular formula is C8H7F3O3. The van der Waals surface area contributed by atoms with Crippen LogP contribution in [0.15, 0.2) is 21.3 Å². The van der Waals surface area contributed by atoms with Gasteiger partial charge in [-0.1, -0.05) is 0 Å². The first kappa shape index (κ1) is 10.6. The van der Waals surface area contributed by atoms with E-state index in [1.54, 1.807) is 6.92 Å². The predicted molar refractivity (Wildman–Crippen MR) is 41.1 cm³/mol. The fraction of sp³-hybridized carbons (Fsp3) is 0.375. The van der Waals surface area contributed by atoms with Gasteiger partial charge in [-0.25, -0.2) is 0 Å². The van der Waals surface area contributed by atoms with Gasteiger partial charge >= 0.3 is 6.18 Å². The first-order chi connectivity index (χ1) is 6.43. The lowest BCUT2D eigenvalue weighted by Crippen LogP contribution is -2.11. The minimum absolute atomic E-state index is 0.129. The van der Waals surface area contributed by atoms with E-state index in [0.29, 0.717) is 6.07 Å². The van der Waals surface area contributed by atoms with Crippen LogP contribution in [0.1, 0.15) is 12.7 Å². The van der Waals surface area contributed by atoms with E-state index >= 15 is 0 Å². The van der Waals surface area contributed by atoms with E-state index in [1.165, 1.54) is 0 Å². The normalized spacial score (nSPS) is 11.4. The van der Waals surface area contributed by atoms with Crippen LogP contribution in [0.4, 0.5) is 13.2 Å². The van der Waals surface area contributed by atoms with Crippen LogP contribution in [0, 0.1) is 0 Å². The molecule has 1 heterocycles. The quantitative estimate of drug-likeness (QED) is 0.746. The molecule has 0 unspecified atom stereocenters. The number of hydrogen-bond acceptors (Lipinski definition) is 3. The van der Waals surface area contributed by atoms with Crippen molar-refractivity contribution in [1.82, 2.24) is 0 Å². The maximum atomic E-state index is 12.1. The van der Waals surface area contributed by atoms with Crippen molar-refractivity contribution in [1.29, 1.82) is 0 Å². The molecule has 0 aliphatic heterocycles. The Morgan fingerprint density at radius 1 is 1.43 bits per heavy atom. The number of halogens is 3. The number of alkyl halides is 3. The molecule has 3 nitrogen and oxygen atoms in total. The first-order valence-corrected chi connectivity index (χ1v) is 3.78. The van der Waals surface area contributed by atoms with Crippen LogP contribution < -0.4 is 10.2 Å². The number of rotatable bonds is 2. The van der Waals surface area contributed by atoms with E-state index in [0.717, 1.165) is 6.07 Å². The van der Waals surface area contributed by atoms with Gasteiger partial charge in [-0.2, -0.15) is 13.2 Å². The molecule has 0 amide bonds. The third kappa shape index (κ3) is 2.51. The molecule has 0 aliphatic rings. The maximum absolute atomic E-state index is 12.1. The van der Waals surface area contributed by atoms with E-state index in [-0.39, 0.29) is 6.61 Å². The van der Waals surface area contributed by atoms with Gasteiger partial charge in [0.25, 0.3) is 5.95 Å². The van der Waals surface area contributed by atoms with Crippen molar-refractivity contribution in [3.8, 4) is 5.95 Å². The molecule has 1 rings (SSSR count). The lowest BCUT2D eigenvalue weighted by atomic mass is 10.4. The van der Waals surface area contributed by atoms with Crippen LogP contribution in [0.2, 0.25) is 0 Å². The number of hydrogen-bond donors (Lipinski definition) is 0. The van der Waals surface area contributed by atoms with Crippen molar-refractivity contribution in [2.75, 3.05) is 6.61 Å². The highest BCUT2D eigenvalue weighted by atomic mass is 19.4. The van der Waals surface area contributed by atoms with Crippen molar-refractivity contribution in [3.05, 3.63) is 28.1 Å². The fourth-order valence-corrected chi connectivity index (χ4v) is 0.807. The van der Waals surface area contributed by atoms with Gasteiger partial charge in [0.1, 0.15) is 0 Å². The molecule has 0 atom stereocenters. The zero-order valence-electron chi connectivity index (χ0n) is 7.22. The van der Waals surface area contributed by atoms with Crippen molar-refractivity contribution in [3.63, 3.8) is 0 Å². The summed E-state index contributed by atoms with van der Waals surface area (Å²) < 4.78 is 45.3. The summed E-state index contributed by atoms with van der Waals surface area (Å²) in [6.07, 6.45) is -4.67. The van der Waals surface area contributed by atoms with E-state index in [2.05, 4.69) is 9.15 Å². The average molecular weight is 208 g/mol. The van der Waals surface area contributed by atoms with Gasteiger partial charge in [-0.3, -0.25) is 4.79 Å². The summed E-state index contributed by atoms with van der Waals surface area (Å²) in [7, 11) is 0. The van der Waals surface area contributed by atoms with E-state index in [1.807, 2.05) is 0 Å². The molecule has 0 saturated carbocycles. The van der Waals surface area contributed by atoms with E-state index in [9.17, 15) is 18.0 Å². The largest absolute Gasteiger partial charge is 0.465 e. The molecule has 0 fully saturated rings. The second-order valence-electron chi connectivity index (χ2n) is 2.41. The van der Waals surface area contributed by atoms with Gasteiger partial charge in [0.2, 0.25) is 5.76 Å². The van der Waals surface area contributed by atoms with E-state index < -0.39 is 23.3 Å². The zero-order chi connectivity index (χ0) is 10.8. The van der Waals surface area contributed by atoms with Gasteiger partial charge in [-0.05, 0) is 6.92 Å². The van der Waals surface area contributed by atoms with Crippen LogP contribution in [0.25, 0.3) is 0 Å². The maximum Gasteiger partial charge on any atom is 0.449 e. The molecule has 1 aromatic heterocycles. The molecule has 0 saturated heterocycles. The topological polar surface area (TPSA) is 39.4 Å². The summed E-state index contributed by atoms with van der Waals surface area (Å²) in [4.78, 5) is 10.8. The smallest absolute Gasteiger partial charge is 0.449 e. The molecular weight excluding hydrogens is 201 g/mol. The molecule has 1 aromatic rings. The van der Waals surface area contributed by atoms with Crippen LogP contribution in [-0.2, 0) is 6.18 Å². The number of ether oxygens (including phenoxy) is 1.